The van der Waals surface area contributed by atoms with Crippen LogP contribution in [0.4, 0.5) is 0 Å². The molecule has 0 aromatic heterocycles. The number of carboxylic acids is 1. The summed E-state index contributed by atoms with van der Waals surface area (Å²) in [5.41, 5.74) is 0. The molecule has 0 aromatic carbocycles. The number of hydrogen-bond acceptors (Lipinski definition) is 3. The molecule has 4 N–H and O–H groups in total. The van der Waals surface area contributed by atoms with Gasteiger partial charge in [-0.2, -0.15) is 0 Å². The van der Waals surface area contributed by atoms with Gasteiger partial charge < -0.3 is 20.2 Å². The molecule has 0 fully saturated rings. The highest BCUT2D eigenvalue weighted by molar-refractivity contribution is 7.51. The Hall–Kier alpha value is -0.420. The molecular weight excluding hydrogens is 185 g/mol. The molecule has 0 bridgehead atoms. The van der Waals surface area contributed by atoms with Gasteiger partial charge in [0.25, 0.3) is 0 Å². The minimum atomic E-state index is -4.04. The Kier molecular flexibility index (Phi) is 4.41. The van der Waals surface area contributed by atoms with Gasteiger partial charge in [-0.3, -0.25) is 9.36 Å². The van der Waals surface area contributed by atoms with Crippen LogP contribution in [0.5, 0.6) is 0 Å². The molecule has 0 rings (SSSR count). The summed E-state index contributed by atoms with van der Waals surface area (Å²) < 4.78 is 10.4. The van der Waals surface area contributed by atoms with E-state index in [9.17, 15) is 9.36 Å². The van der Waals surface area contributed by atoms with E-state index >= 15 is 0 Å². The SMILES string of the molecule is CC(CP(=O)(O)O)NCC(=O)O. The number of aliphatic carboxylic acids is 1. The Labute approximate surface area is 69.8 Å². The van der Waals surface area contributed by atoms with Gasteiger partial charge in [0.1, 0.15) is 0 Å². The predicted octanol–water partition coefficient (Wildman–Crippen LogP) is -0.773. The number of rotatable bonds is 5. The van der Waals surface area contributed by atoms with Crippen LogP contribution in [0.1, 0.15) is 6.92 Å². The third-order valence-electron chi connectivity index (χ3n) is 1.11. The van der Waals surface area contributed by atoms with Crippen LogP contribution in [-0.2, 0) is 9.36 Å². The Morgan fingerprint density at radius 2 is 2.08 bits per heavy atom. The van der Waals surface area contributed by atoms with E-state index in [0.717, 1.165) is 0 Å². The molecule has 0 spiro atoms. The fourth-order valence-electron chi connectivity index (χ4n) is 0.683. The smallest absolute Gasteiger partial charge is 0.327 e. The molecule has 12 heavy (non-hydrogen) atoms. The lowest BCUT2D eigenvalue weighted by molar-refractivity contribution is -0.136. The zero-order valence-corrected chi connectivity index (χ0v) is 7.49. The fraction of sp³-hybridized carbons (Fsp3) is 0.800. The van der Waals surface area contributed by atoms with Crippen molar-refractivity contribution in [1.29, 1.82) is 0 Å². The Balaban J connectivity index is 3.67. The monoisotopic (exact) mass is 197 g/mol. The van der Waals surface area contributed by atoms with Crippen molar-refractivity contribution < 1.29 is 24.3 Å². The summed E-state index contributed by atoms with van der Waals surface area (Å²) >= 11 is 0. The maximum Gasteiger partial charge on any atom is 0.327 e. The first kappa shape index (κ1) is 11.6. The van der Waals surface area contributed by atoms with E-state index in [2.05, 4.69) is 5.32 Å². The second kappa shape index (κ2) is 4.57. The fourth-order valence-corrected chi connectivity index (χ4v) is 1.53. The summed E-state index contributed by atoms with van der Waals surface area (Å²) in [6.07, 6.45) is -0.347. The third-order valence-corrected chi connectivity index (χ3v) is 2.14. The quantitative estimate of drug-likeness (QED) is 0.431. The van der Waals surface area contributed by atoms with Crippen molar-refractivity contribution in [3.8, 4) is 0 Å². The van der Waals surface area contributed by atoms with Gasteiger partial charge in [-0.05, 0) is 6.92 Å². The van der Waals surface area contributed by atoms with Crippen LogP contribution in [-0.4, -0.2) is 39.6 Å². The normalized spacial score (nSPS) is 14.2. The lowest BCUT2D eigenvalue weighted by Crippen LogP contribution is -2.33. The first-order valence-electron chi connectivity index (χ1n) is 3.31. The van der Waals surface area contributed by atoms with Gasteiger partial charge in [-0.15, -0.1) is 0 Å². The van der Waals surface area contributed by atoms with Gasteiger partial charge in [0.2, 0.25) is 0 Å². The third kappa shape index (κ3) is 7.68. The number of hydrogen-bond donors (Lipinski definition) is 4. The lowest BCUT2D eigenvalue weighted by Gasteiger charge is -2.12. The van der Waals surface area contributed by atoms with Crippen LogP contribution >= 0.6 is 7.60 Å². The molecule has 0 aliphatic carbocycles. The van der Waals surface area contributed by atoms with Crippen LogP contribution in [0.15, 0.2) is 0 Å². The molecular formula is C5H12NO5P. The van der Waals surface area contributed by atoms with Gasteiger partial charge in [0, 0.05) is 6.04 Å². The molecule has 72 valence electrons. The second-order valence-electron chi connectivity index (χ2n) is 2.52. The molecule has 1 atom stereocenters. The van der Waals surface area contributed by atoms with E-state index in [1.807, 2.05) is 0 Å². The van der Waals surface area contributed by atoms with E-state index in [1.54, 1.807) is 0 Å². The Morgan fingerprint density at radius 1 is 1.58 bits per heavy atom. The summed E-state index contributed by atoms with van der Waals surface area (Å²) in [5.74, 6) is -1.05. The first-order valence-corrected chi connectivity index (χ1v) is 5.11. The van der Waals surface area contributed by atoms with Gasteiger partial charge in [-0.25, -0.2) is 0 Å². The highest BCUT2D eigenvalue weighted by atomic mass is 31.2. The zero-order chi connectivity index (χ0) is 9.78. The minimum Gasteiger partial charge on any atom is -0.480 e. The highest BCUT2D eigenvalue weighted by Crippen LogP contribution is 2.34. The average Bonchev–Trinajstić information content (AvgIpc) is 1.79. The van der Waals surface area contributed by atoms with E-state index < -0.39 is 19.6 Å². The van der Waals surface area contributed by atoms with Gasteiger partial charge in [0.15, 0.2) is 0 Å². The maximum absolute atomic E-state index is 10.4. The summed E-state index contributed by atoms with van der Waals surface area (Å²) in [7, 11) is -4.04. The van der Waals surface area contributed by atoms with Gasteiger partial charge >= 0.3 is 13.6 Å². The molecule has 6 nitrogen and oxygen atoms in total. The van der Waals surface area contributed by atoms with Crippen molar-refractivity contribution in [3.63, 3.8) is 0 Å². The van der Waals surface area contributed by atoms with Crippen LogP contribution in [0.2, 0.25) is 0 Å². The highest BCUT2D eigenvalue weighted by Gasteiger charge is 2.17. The molecule has 1 unspecified atom stereocenters. The van der Waals surface area contributed by atoms with E-state index in [4.69, 9.17) is 14.9 Å². The van der Waals surface area contributed by atoms with Crippen LogP contribution in [0, 0.1) is 0 Å². The molecule has 0 aromatic rings. The molecule has 0 aliphatic heterocycles. The van der Waals surface area contributed by atoms with Crippen molar-refractivity contribution in [2.75, 3.05) is 12.7 Å². The van der Waals surface area contributed by atoms with E-state index in [0.29, 0.717) is 0 Å². The van der Waals surface area contributed by atoms with Crippen molar-refractivity contribution in [2.24, 2.45) is 0 Å². The van der Waals surface area contributed by atoms with Crippen molar-refractivity contribution in [2.45, 2.75) is 13.0 Å². The first-order chi connectivity index (χ1) is 5.31. The topological polar surface area (TPSA) is 107 Å². The maximum atomic E-state index is 10.4. The summed E-state index contributed by atoms with van der Waals surface area (Å²) in [5, 5.41) is 10.7. The Bertz CT molecular complexity index is 200. The summed E-state index contributed by atoms with van der Waals surface area (Å²) in [6, 6.07) is -0.498. The largest absolute Gasteiger partial charge is 0.480 e. The molecule has 0 radical (unpaired) electrons. The summed E-state index contributed by atoms with van der Waals surface area (Å²) in [4.78, 5) is 27.0. The number of carbonyl (C=O) groups is 1. The summed E-state index contributed by atoms with van der Waals surface area (Å²) in [6.45, 7) is 1.23. The van der Waals surface area contributed by atoms with Gasteiger partial charge in [-0.1, -0.05) is 0 Å². The molecule has 0 amide bonds. The number of carboxylic acid groups (broad SMARTS) is 1. The average molecular weight is 197 g/mol. The van der Waals surface area contributed by atoms with E-state index in [-0.39, 0.29) is 12.7 Å². The van der Waals surface area contributed by atoms with Gasteiger partial charge in [0.05, 0.1) is 12.7 Å². The second-order valence-corrected chi connectivity index (χ2v) is 4.22. The van der Waals surface area contributed by atoms with Crippen molar-refractivity contribution in [1.82, 2.24) is 5.32 Å². The molecule has 7 heteroatoms. The minimum absolute atomic E-state index is 0.291. The lowest BCUT2D eigenvalue weighted by atomic mass is 10.4. The van der Waals surface area contributed by atoms with Crippen LogP contribution in [0.25, 0.3) is 0 Å². The standard InChI is InChI=1S/C5H12NO5P/c1-4(3-12(9,10)11)6-2-5(7)8/h4,6H,2-3H2,1H3,(H,7,8)(H2,9,10,11). The molecule has 0 aliphatic rings. The van der Waals surface area contributed by atoms with Crippen LogP contribution < -0.4 is 5.32 Å². The molecule has 0 heterocycles. The Morgan fingerprint density at radius 3 is 2.42 bits per heavy atom. The van der Waals surface area contributed by atoms with Crippen molar-refractivity contribution in [3.05, 3.63) is 0 Å². The molecule has 0 saturated carbocycles. The van der Waals surface area contributed by atoms with Crippen LogP contribution in [0.3, 0.4) is 0 Å². The predicted molar refractivity (Wildman–Crippen MR) is 42.0 cm³/mol. The molecule has 0 saturated heterocycles. The van der Waals surface area contributed by atoms with Crippen molar-refractivity contribution >= 4 is 13.6 Å². The van der Waals surface area contributed by atoms with E-state index in [1.165, 1.54) is 6.92 Å². The zero-order valence-electron chi connectivity index (χ0n) is 6.60. The number of nitrogens with one attached hydrogen (secondary N) is 1.